The lowest BCUT2D eigenvalue weighted by Crippen LogP contribution is -2.36. The van der Waals surface area contributed by atoms with Gasteiger partial charge in [0.25, 0.3) is 0 Å². The maximum absolute atomic E-state index is 10.3. The van der Waals surface area contributed by atoms with E-state index in [0.717, 1.165) is 36.1 Å². The smallest absolute Gasteiger partial charge is 0.227 e. The maximum atomic E-state index is 10.3. The number of fused-ring (bicyclic) bond motifs is 1. The van der Waals surface area contributed by atoms with Crippen LogP contribution in [0.15, 0.2) is 30.7 Å². The second kappa shape index (κ2) is 10.2. The van der Waals surface area contributed by atoms with Gasteiger partial charge in [0, 0.05) is 25.5 Å². The van der Waals surface area contributed by atoms with E-state index in [4.69, 9.17) is 21.1 Å². The number of nitrogens with zero attached hydrogens (tertiary/aromatic N) is 5. The molecular weight excluding hydrogens is 490 g/mol. The summed E-state index contributed by atoms with van der Waals surface area (Å²) in [5.74, 6) is 1.49. The van der Waals surface area contributed by atoms with Crippen LogP contribution in [0.1, 0.15) is 31.4 Å². The molecule has 0 amide bonds. The molecule has 3 heterocycles. The van der Waals surface area contributed by atoms with Gasteiger partial charge in [-0.2, -0.15) is 5.10 Å². The minimum atomic E-state index is -0.377. The number of thiazole rings is 1. The fraction of sp³-hybridized carbons (Fsp3) is 0.391. The van der Waals surface area contributed by atoms with Gasteiger partial charge < -0.3 is 25.2 Å². The van der Waals surface area contributed by atoms with E-state index >= 15 is 0 Å². The topological polar surface area (TPSA) is 119 Å². The van der Waals surface area contributed by atoms with Crippen LogP contribution in [0, 0.1) is 0 Å². The van der Waals surface area contributed by atoms with Crippen molar-refractivity contribution in [1.82, 2.24) is 24.7 Å². The molecular formula is C23H26ClN7O3S. The highest BCUT2D eigenvalue weighted by Gasteiger charge is 2.25. The molecule has 0 bridgehead atoms. The van der Waals surface area contributed by atoms with Crippen molar-refractivity contribution < 1.29 is 14.6 Å². The third kappa shape index (κ3) is 5.26. The number of aliphatic hydroxyl groups is 1. The van der Waals surface area contributed by atoms with Gasteiger partial charge in [-0.3, -0.25) is 4.68 Å². The third-order valence-corrected chi connectivity index (χ3v) is 7.34. The van der Waals surface area contributed by atoms with Gasteiger partial charge in [-0.05, 0) is 18.9 Å². The molecule has 184 valence electrons. The standard InChI is InChI=1S/C23H26ClN7O3S/c1-31-11-14(10-26-31)28-22-25-8-7-13(27-22)12-34-17-9-18(33-2)20-21(19(17)24)35-23(30-20)29-15-5-3-4-6-16(15)32/h7-11,15-16,32H,3-6,12H2,1-2H3,(H,29,30)(H,25,27,28)/t15-,16-/m0/s1. The number of aromatic nitrogens is 5. The first-order valence-corrected chi connectivity index (χ1v) is 12.5. The van der Waals surface area contributed by atoms with E-state index < -0.39 is 0 Å². The number of ether oxygens (including phenoxy) is 2. The lowest BCUT2D eigenvalue weighted by atomic mass is 9.93. The zero-order valence-corrected chi connectivity index (χ0v) is 20.9. The largest absolute Gasteiger partial charge is 0.494 e. The fourth-order valence-corrected chi connectivity index (χ4v) is 5.35. The van der Waals surface area contributed by atoms with E-state index in [1.54, 1.807) is 36.3 Å². The van der Waals surface area contributed by atoms with Crippen molar-refractivity contribution in [2.24, 2.45) is 7.05 Å². The van der Waals surface area contributed by atoms with Crippen LogP contribution < -0.4 is 20.1 Å². The zero-order chi connectivity index (χ0) is 24.4. The molecule has 12 heteroatoms. The minimum absolute atomic E-state index is 0.0166. The highest BCUT2D eigenvalue weighted by molar-refractivity contribution is 7.22. The number of aliphatic hydroxyl groups excluding tert-OH is 1. The summed E-state index contributed by atoms with van der Waals surface area (Å²) in [6, 6.07) is 3.50. The molecule has 1 aromatic carbocycles. The van der Waals surface area contributed by atoms with Crippen molar-refractivity contribution in [3.8, 4) is 11.5 Å². The van der Waals surface area contributed by atoms with Crippen molar-refractivity contribution in [3.63, 3.8) is 0 Å². The van der Waals surface area contributed by atoms with Crippen molar-refractivity contribution in [3.05, 3.63) is 41.4 Å². The molecule has 5 rings (SSSR count). The molecule has 1 fully saturated rings. The number of rotatable bonds is 8. The fourth-order valence-electron chi connectivity index (χ4n) is 4.06. The number of anilines is 3. The quantitative estimate of drug-likeness (QED) is 0.311. The second-order valence-corrected chi connectivity index (χ2v) is 9.76. The summed E-state index contributed by atoms with van der Waals surface area (Å²) in [5, 5.41) is 22.1. The van der Waals surface area contributed by atoms with E-state index in [9.17, 15) is 5.11 Å². The Hall–Kier alpha value is -3.15. The van der Waals surface area contributed by atoms with Crippen LogP contribution in [-0.2, 0) is 13.7 Å². The van der Waals surface area contributed by atoms with E-state index in [1.165, 1.54) is 11.3 Å². The van der Waals surface area contributed by atoms with Gasteiger partial charge in [0.05, 0.1) is 41.5 Å². The predicted octanol–water partition coefficient (Wildman–Crippen LogP) is 4.52. The van der Waals surface area contributed by atoms with Crippen LogP contribution in [0.2, 0.25) is 5.02 Å². The summed E-state index contributed by atoms with van der Waals surface area (Å²) in [4.78, 5) is 13.4. The number of hydrogen-bond acceptors (Lipinski definition) is 10. The summed E-state index contributed by atoms with van der Waals surface area (Å²) in [6.45, 7) is 0.191. The number of nitrogens with one attached hydrogen (secondary N) is 2. The molecule has 0 unspecified atom stereocenters. The Kier molecular flexibility index (Phi) is 6.89. The number of halogens is 1. The second-order valence-electron chi connectivity index (χ2n) is 8.38. The van der Waals surface area contributed by atoms with Gasteiger partial charge >= 0.3 is 0 Å². The van der Waals surface area contributed by atoms with Crippen molar-refractivity contribution in [1.29, 1.82) is 0 Å². The van der Waals surface area contributed by atoms with E-state index in [-0.39, 0.29) is 18.8 Å². The zero-order valence-electron chi connectivity index (χ0n) is 19.4. The van der Waals surface area contributed by atoms with Gasteiger partial charge in [-0.15, -0.1) is 0 Å². The monoisotopic (exact) mass is 515 g/mol. The SMILES string of the molecule is COc1cc(OCc2ccnc(Nc3cnn(C)c3)n2)c(Cl)c2sc(N[C@H]3CCCC[C@@H]3O)nc12. The van der Waals surface area contributed by atoms with Crippen LogP contribution in [-0.4, -0.2) is 49.1 Å². The highest BCUT2D eigenvalue weighted by Crippen LogP contribution is 2.44. The molecule has 1 saturated carbocycles. The molecule has 4 aromatic rings. The number of aryl methyl sites for hydroxylation is 1. The highest BCUT2D eigenvalue weighted by atomic mass is 35.5. The van der Waals surface area contributed by atoms with Gasteiger partial charge in [-0.1, -0.05) is 35.8 Å². The average Bonchev–Trinajstić information content (AvgIpc) is 3.46. The summed E-state index contributed by atoms with van der Waals surface area (Å²) in [6.07, 6.45) is 8.66. The third-order valence-electron chi connectivity index (χ3n) is 5.85. The van der Waals surface area contributed by atoms with Crippen LogP contribution in [0.4, 0.5) is 16.8 Å². The first-order chi connectivity index (χ1) is 17.0. The molecule has 3 aromatic heterocycles. The van der Waals surface area contributed by atoms with Crippen molar-refractivity contribution >= 4 is 49.9 Å². The van der Waals surface area contributed by atoms with Gasteiger partial charge in [0.1, 0.15) is 28.6 Å². The van der Waals surface area contributed by atoms with E-state index in [1.807, 2.05) is 13.2 Å². The Labute approximate surface area is 211 Å². The minimum Gasteiger partial charge on any atom is -0.494 e. The Balaban J connectivity index is 1.34. The van der Waals surface area contributed by atoms with Gasteiger partial charge in [0.2, 0.25) is 5.95 Å². The van der Waals surface area contributed by atoms with E-state index in [2.05, 4.69) is 30.7 Å². The first kappa shape index (κ1) is 23.6. The summed E-state index contributed by atoms with van der Waals surface area (Å²) in [5.41, 5.74) is 2.13. The molecule has 10 nitrogen and oxygen atoms in total. The van der Waals surface area contributed by atoms with Crippen molar-refractivity contribution in [2.45, 2.75) is 44.4 Å². The lowest BCUT2D eigenvalue weighted by molar-refractivity contribution is 0.116. The van der Waals surface area contributed by atoms with Crippen LogP contribution in [0.5, 0.6) is 11.5 Å². The molecule has 3 N–H and O–H groups in total. The number of methoxy groups -OCH3 is 1. The van der Waals surface area contributed by atoms with Crippen LogP contribution in [0.25, 0.3) is 10.2 Å². The summed E-state index contributed by atoms with van der Waals surface area (Å²) < 4.78 is 14.1. The molecule has 1 aliphatic carbocycles. The van der Waals surface area contributed by atoms with Crippen LogP contribution >= 0.6 is 22.9 Å². The van der Waals surface area contributed by atoms with Gasteiger partial charge in [-0.25, -0.2) is 15.0 Å². The normalized spacial score (nSPS) is 17.9. The Morgan fingerprint density at radius 1 is 1.26 bits per heavy atom. The lowest BCUT2D eigenvalue weighted by Gasteiger charge is -2.27. The molecule has 0 spiro atoms. The summed E-state index contributed by atoms with van der Waals surface area (Å²) in [7, 11) is 3.43. The molecule has 1 aliphatic rings. The van der Waals surface area contributed by atoms with E-state index in [0.29, 0.717) is 38.8 Å². The van der Waals surface area contributed by atoms with Crippen molar-refractivity contribution in [2.75, 3.05) is 17.7 Å². The molecule has 0 aliphatic heterocycles. The first-order valence-electron chi connectivity index (χ1n) is 11.3. The molecule has 2 atom stereocenters. The Morgan fingerprint density at radius 2 is 2.11 bits per heavy atom. The molecule has 0 radical (unpaired) electrons. The van der Waals surface area contributed by atoms with Gasteiger partial charge in [0.15, 0.2) is 5.13 Å². The average molecular weight is 516 g/mol. The summed E-state index contributed by atoms with van der Waals surface area (Å²) >= 11 is 8.14. The Morgan fingerprint density at radius 3 is 2.89 bits per heavy atom. The van der Waals surface area contributed by atoms with Crippen LogP contribution in [0.3, 0.4) is 0 Å². The molecule has 35 heavy (non-hydrogen) atoms. The predicted molar refractivity (Wildman–Crippen MR) is 136 cm³/mol. The Bertz CT molecular complexity index is 1330. The maximum Gasteiger partial charge on any atom is 0.227 e. The molecule has 0 saturated heterocycles. The number of hydrogen-bond donors (Lipinski definition) is 3. The number of benzene rings is 1.